The summed E-state index contributed by atoms with van der Waals surface area (Å²) in [7, 11) is 0. The number of aromatic nitrogens is 2. The first kappa shape index (κ1) is 24.6. The molecule has 0 aliphatic carbocycles. The van der Waals surface area contributed by atoms with Crippen LogP contribution >= 0.6 is 11.6 Å². The summed E-state index contributed by atoms with van der Waals surface area (Å²) in [5.41, 5.74) is 1.50. The summed E-state index contributed by atoms with van der Waals surface area (Å²) < 4.78 is 14.1. The van der Waals surface area contributed by atoms with Gasteiger partial charge in [-0.05, 0) is 43.7 Å². The highest BCUT2D eigenvalue weighted by Crippen LogP contribution is 2.26. The Hall–Kier alpha value is -3.52. The number of hydrogen-bond donors (Lipinski definition) is 0. The lowest BCUT2D eigenvalue weighted by molar-refractivity contribution is -0.131. The molecule has 0 radical (unpaired) electrons. The molecule has 1 saturated heterocycles. The maximum Gasteiger partial charge on any atom is 0.257 e. The Morgan fingerprint density at radius 2 is 1.74 bits per heavy atom. The van der Waals surface area contributed by atoms with Gasteiger partial charge in [-0.25, -0.2) is 4.39 Å². The highest BCUT2D eigenvalue weighted by atomic mass is 35.5. The number of carbonyl (C=O) groups is 2. The van der Waals surface area contributed by atoms with Crippen LogP contribution in [0.4, 0.5) is 10.2 Å². The van der Waals surface area contributed by atoms with Crippen molar-refractivity contribution in [2.75, 3.05) is 44.2 Å². The Balaban J connectivity index is 1.37. The normalized spacial score (nSPS) is 13.9. The van der Waals surface area contributed by atoms with Crippen molar-refractivity contribution in [1.29, 1.82) is 0 Å². The number of likely N-dealkylation sites (N-methyl/N-ethyl adjacent to an activating group) is 1. The smallest absolute Gasteiger partial charge is 0.257 e. The van der Waals surface area contributed by atoms with Gasteiger partial charge in [0.15, 0.2) is 5.82 Å². The summed E-state index contributed by atoms with van der Waals surface area (Å²) in [6.45, 7) is 4.41. The fraction of sp³-hybridized carbons (Fsp3) is 0.308. The number of halogens is 2. The molecule has 2 aromatic carbocycles. The van der Waals surface area contributed by atoms with E-state index in [4.69, 9.17) is 11.6 Å². The third-order valence-electron chi connectivity index (χ3n) is 6.07. The van der Waals surface area contributed by atoms with Crippen LogP contribution in [0.2, 0.25) is 5.02 Å². The van der Waals surface area contributed by atoms with E-state index in [1.165, 1.54) is 23.1 Å². The van der Waals surface area contributed by atoms with E-state index >= 15 is 0 Å². The van der Waals surface area contributed by atoms with Crippen LogP contribution in [-0.4, -0.2) is 71.1 Å². The predicted octanol–water partition coefficient (Wildman–Crippen LogP) is 4.14. The van der Waals surface area contributed by atoms with Crippen molar-refractivity contribution in [3.8, 4) is 11.3 Å². The van der Waals surface area contributed by atoms with Crippen LogP contribution in [0.25, 0.3) is 11.3 Å². The lowest BCUT2D eigenvalue weighted by Crippen LogP contribution is -2.44. The molecule has 9 heteroatoms. The zero-order chi connectivity index (χ0) is 24.8. The van der Waals surface area contributed by atoms with E-state index in [9.17, 15) is 14.0 Å². The molecule has 1 aliphatic heterocycles. The predicted molar refractivity (Wildman–Crippen MR) is 134 cm³/mol. The van der Waals surface area contributed by atoms with Crippen molar-refractivity contribution >= 4 is 29.2 Å². The number of anilines is 1. The largest absolute Gasteiger partial charge is 0.353 e. The Kier molecular flexibility index (Phi) is 7.92. The minimum absolute atomic E-state index is 0.0250. The van der Waals surface area contributed by atoms with Crippen LogP contribution in [0.3, 0.4) is 0 Å². The first-order chi connectivity index (χ1) is 17.0. The maximum absolute atomic E-state index is 14.1. The molecule has 0 bridgehead atoms. The Bertz CT molecular complexity index is 1190. The molecule has 0 N–H and O–H groups in total. The van der Waals surface area contributed by atoms with Crippen molar-refractivity contribution in [2.24, 2.45) is 0 Å². The van der Waals surface area contributed by atoms with Gasteiger partial charge in [0.05, 0.1) is 16.3 Å². The highest BCUT2D eigenvalue weighted by Gasteiger charge is 2.25. The standard InChI is InChI=1S/C26H27ClFN5O2/c1-2-31(26(35)20-9-4-6-11-22(20)28)18-25(34)33-15-7-14-32(16-17-33)24-13-12-23(29-30-24)19-8-3-5-10-21(19)27/h3-6,8-13H,2,7,14-18H2,1H3. The number of nitrogens with zero attached hydrogens (tertiary/aromatic N) is 5. The summed E-state index contributed by atoms with van der Waals surface area (Å²) in [5, 5.41) is 9.35. The van der Waals surface area contributed by atoms with E-state index < -0.39 is 11.7 Å². The van der Waals surface area contributed by atoms with Gasteiger partial charge in [0.1, 0.15) is 12.4 Å². The van der Waals surface area contributed by atoms with Crippen LogP contribution in [-0.2, 0) is 4.79 Å². The maximum atomic E-state index is 14.1. The lowest BCUT2D eigenvalue weighted by Gasteiger charge is -2.26. The van der Waals surface area contributed by atoms with Gasteiger partial charge in [0, 0.05) is 38.3 Å². The number of carbonyl (C=O) groups excluding carboxylic acids is 2. The molecule has 182 valence electrons. The van der Waals surface area contributed by atoms with Gasteiger partial charge < -0.3 is 14.7 Å². The highest BCUT2D eigenvalue weighted by molar-refractivity contribution is 6.33. The van der Waals surface area contributed by atoms with E-state index in [-0.39, 0.29) is 18.0 Å². The summed E-state index contributed by atoms with van der Waals surface area (Å²) in [6, 6.07) is 17.1. The second-order valence-corrected chi connectivity index (χ2v) is 8.68. The van der Waals surface area contributed by atoms with Crippen molar-refractivity contribution < 1.29 is 14.0 Å². The molecule has 4 rings (SSSR count). The fourth-order valence-electron chi connectivity index (χ4n) is 4.10. The first-order valence-corrected chi connectivity index (χ1v) is 12.0. The van der Waals surface area contributed by atoms with Crippen molar-refractivity contribution in [3.05, 3.63) is 77.1 Å². The molecule has 2 heterocycles. The number of amides is 2. The Morgan fingerprint density at radius 1 is 0.971 bits per heavy atom. The SMILES string of the molecule is CCN(CC(=O)N1CCCN(c2ccc(-c3ccccc3Cl)nn2)CC1)C(=O)c1ccccc1F. The molecular formula is C26H27ClFN5O2. The van der Waals surface area contributed by atoms with Gasteiger partial charge in [0.25, 0.3) is 5.91 Å². The van der Waals surface area contributed by atoms with E-state index in [2.05, 4.69) is 15.1 Å². The van der Waals surface area contributed by atoms with Crippen LogP contribution < -0.4 is 4.90 Å². The van der Waals surface area contributed by atoms with Gasteiger partial charge in [-0.15, -0.1) is 10.2 Å². The zero-order valence-corrected chi connectivity index (χ0v) is 20.3. The first-order valence-electron chi connectivity index (χ1n) is 11.6. The van der Waals surface area contributed by atoms with Gasteiger partial charge in [0.2, 0.25) is 5.91 Å². The Labute approximate surface area is 209 Å². The molecule has 0 spiro atoms. The third kappa shape index (κ3) is 5.77. The van der Waals surface area contributed by atoms with Crippen LogP contribution in [0, 0.1) is 5.82 Å². The average Bonchev–Trinajstić information content (AvgIpc) is 3.14. The lowest BCUT2D eigenvalue weighted by atomic mass is 10.1. The summed E-state index contributed by atoms with van der Waals surface area (Å²) in [4.78, 5) is 31.0. The van der Waals surface area contributed by atoms with Gasteiger partial charge in [-0.2, -0.15) is 0 Å². The zero-order valence-electron chi connectivity index (χ0n) is 19.5. The third-order valence-corrected chi connectivity index (χ3v) is 6.40. The van der Waals surface area contributed by atoms with Gasteiger partial charge in [-0.1, -0.05) is 41.9 Å². The molecule has 1 fully saturated rings. The molecule has 1 aliphatic rings. The minimum Gasteiger partial charge on any atom is -0.353 e. The summed E-state index contributed by atoms with van der Waals surface area (Å²) in [5.74, 6) is -0.488. The Morgan fingerprint density at radius 3 is 2.46 bits per heavy atom. The molecule has 1 aromatic heterocycles. The molecule has 0 saturated carbocycles. The molecule has 35 heavy (non-hydrogen) atoms. The number of hydrogen-bond acceptors (Lipinski definition) is 5. The summed E-state index contributed by atoms with van der Waals surface area (Å²) in [6.07, 6.45) is 0.757. The van der Waals surface area contributed by atoms with E-state index in [0.29, 0.717) is 36.9 Å². The van der Waals surface area contributed by atoms with Crippen molar-refractivity contribution in [2.45, 2.75) is 13.3 Å². The molecular weight excluding hydrogens is 469 g/mol. The van der Waals surface area contributed by atoms with Crippen molar-refractivity contribution in [1.82, 2.24) is 20.0 Å². The molecule has 0 atom stereocenters. The van der Waals surface area contributed by atoms with Gasteiger partial charge in [-0.3, -0.25) is 9.59 Å². The van der Waals surface area contributed by atoms with E-state index in [0.717, 1.165) is 24.3 Å². The molecule has 3 aromatic rings. The summed E-state index contributed by atoms with van der Waals surface area (Å²) >= 11 is 6.26. The van der Waals surface area contributed by atoms with Crippen LogP contribution in [0.1, 0.15) is 23.7 Å². The van der Waals surface area contributed by atoms with Gasteiger partial charge >= 0.3 is 0 Å². The van der Waals surface area contributed by atoms with Crippen molar-refractivity contribution in [3.63, 3.8) is 0 Å². The molecule has 0 unspecified atom stereocenters. The second kappa shape index (κ2) is 11.3. The van der Waals surface area contributed by atoms with E-state index in [1.807, 2.05) is 36.4 Å². The quantitative estimate of drug-likeness (QED) is 0.514. The molecule has 2 amide bonds. The fourth-order valence-corrected chi connectivity index (χ4v) is 4.33. The topological polar surface area (TPSA) is 69.6 Å². The minimum atomic E-state index is -0.588. The average molecular weight is 496 g/mol. The number of benzene rings is 2. The second-order valence-electron chi connectivity index (χ2n) is 8.28. The van der Waals surface area contributed by atoms with Crippen LogP contribution in [0.5, 0.6) is 0 Å². The van der Waals surface area contributed by atoms with E-state index in [1.54, 1.807) is 17.9 Å². The van der Waals surface area contributed by atoms with Crippen LogP contribution in [0.15, 0.2) is 60.7 Å². The molecule has 7 nitrogen and oxygen atoms in total. The monoisotopic (exact) mass is 495 g/mol. The number of rotatable bonds is 6.